The molecule has 0 saturated carbocycles. The molecule has 0 saturated heterocycles. The van der Waals surface area contributed by atoms with E-state index in [2.05, 4.69) is 4.98 Å². The largest absolute Gasteiger partial charge is 0.377 e. The molecular formula is C13H15ClN2O. The summed E-state index contributed by atoms with van der Waals surface area (Å²) < 4.78 is 1.83. The lowest BCUT2D eigenvalue weighted by atomic mass is 9.90. The summed E-state index contributed by atoms with van der Waals surface area (Å²) in [6.07, 6.45) is 4.07. The van der Waals surface area contributed by atoms with E-state index in [4.69, 9.17) is 11.6 Å². The summed E-state index contributed by atoms with van der Waals surface area (Å²) in [6, 6.07) is 7.22. The zero-order valence-corrected chi connectivity index (χ0v) is 10.6. The first-order chi connectivity index (χ1) is 8.08. The van der Waals surface area contributed by atoms with Crippen molar-refractivity contribution in [3.63, 3.8) is 0 Å². The van der Waals surface area contributed by atoms with Crippen molar-refractivity contribution in [3.8, 4) is 0 Å². The molecule has 1 aromatic heterocycles. The highest BCUT2D eigenvalue weighted by Gasteiger charge is 2.33. The minimum Gasteiger partial charge on any atom is -0.377 e. The van der Waals surface area contributed by atoms with Crippen LogP contribution in [0.1, 0.15) is 24.7 Å². The molecule has 0 amide bonds. The van der Waals surface area contributed by atoms with Gasteiger partial charge in [-0.15, -0.1) is 0 Å². The molecule has 1 heterocycles. The molecule has 1 atom stereocenters. The van der Waals surface area contributed by atoms with Gasteiger partial charge < -0.3 is 9.67 Å². The summed E-state index contributed by atoms with van der Waals surface area (Å²) >= 11 is 5.86. The Bertz CT molecular complexity index is 506. The van der Waals surface area contributed by atoms with Gasteiger partial charge in [-0.25, -0.2) is 4.98 Å². The van der Waals surface area contributed by atoms with Crippen LogP contribution in [-0.4, -0.2) is 14.7 Å². The first-order valence-corrected chi connectivity index (χ1v) is 5.92. The standard InChI is InChI=1S/C13H15ClN2O/c1-3-13(17,12-15-8-9-16(12)2)10-4-6-11(14)7-5-10/h4-9,17H,3H2,1-2H3. The van der Waals surface area contributed by atoms with Gasteiger partial charge in [-0.1, -0.05) is 30.7 Å². The molecule has 17 heavy (non-hydrogen) atoms. The van der Waals surface area contributed by atoms with Gasteiger partial charge in [0.1, 0.15) is 11.4 Å². The first kappa shape index (κ1) is 12.1. The molecule has 1 N–H and O–H groups in total. The van der Waals surface area contributed by atoms with E-state index >= 15 is 0 Å². The molecule has 1 aromatic carbocycles. The average Bonchev–Trinajstić information content (AvgIpc) is 2.76. The summed E-state index contributed by atoms with van der Waals surface area (Å²) in [5.41, 5.74) is -0.262. The van der Waals surface area contributed by atoms with Crippen molar-refractivity contribution >= 4 is 11.6 Å². The van der Waals surface area contributed by atoms with Crippen LogP contribution < -0.4 is 0 Å². The molecule has 4 heteroatoms. The van der Waals surface area contributed by atoms with E-state index in [0.29, 0.717) is 17.3 Å². The Morgan fingerprint density at radius 2 is 2.00 bits per heavy atom. The Kier molecular flexibility index (Phi) is 3.22. The number of aryl methyl sites for hydroxylation is 1. The van der Waals surface area contributed by atoms with Crippen molar-refractivity contribution in [1.82, 2.24) is 9.55 Å². The Morgan fingerprint density at radius 3 is 2.47 bits per heavy atom. The maximum absolute atomic E-state index is 10.8. The van der Waals surface area contributed by atoms with Crippen LogP contribution in [-0.2, 0) is 12.6 Å². The predicted molar refractivity (Wildman–Crippen MR) is 67.9 cm³/mol. The lowest BCUT2D eigenvalue weighted by molar-refractivity contribution is 0.0641. The molecule has 0 aliphatic carbocycles. The number of hydrogen-bond acceptors (Lipinski definition) is 2. The third-order valence-electron chi connectivity index (χ3n) is 3.02. The lowest BCUT2D eigenvalue weighted by Gasteiger charge is -2.26. The zero-order valence-electron chi connectivity index (χ0n) is 9.89. The fourth-order valence-electron chi connectivity index (χ4n) is 1.98. The molecule has 0 aliphatic rings. The van der Waals surface area contributed by atoms with Gasteiger partial charge in [0.15, 0.2) is 0 Å². The SMILES string of the molecule is CCC(O)(c1ccc(Cl)cc1)c1nccn1C. The minimum atomic E-state index is -1.07. The third kappa shape index (κ3) is 2.08. The van der Waals surface area contributed by atoms with Crippen molar-refractivity contribution < 1.29 is 5.11 Å². The Balaban J connectivity index is 2.51. The molecule has 90 valence electrons. The second-order valence-electron chi connectivity index (χ2n) is 4.08. The van der Waals surface area contributed by atoms with Crippen molar-refractivity contribution in [2.45, 2.75) is 18.9 Å². The van der Waals surface area contributed by atoms with E-state index in [0.717, 1.165) is 5.56 Å². The second kappa shape index (κ2) is 4.51. The van der Waals surface area contributed by atoms with Crippen LogP contribution in [0.15, 0.2) is 36.7 Å². The van der Waals surface area contributed by atoms with Crippen LogP contribution in [0, 0.1) is 0 Å². The van der Waals surface area contributed by atoms with Crippen molar-refractivity contribution in [2.24, 2.45) is 7.05 Å². The summed E-state index contributed by atoms with van der Waals surface area (Å²) in [5, 5.41) is 11.5. The van der Waals surface area contributed by atoms with E-state index in [1.54, 1.807) is 18.3 Å². The fourth-order valence-corrected chi connectivity index (χ4v) is 2.11. The molecular weight excluding hydrogens is 236 g/mol. The number of nitrogens with zero attached hydrogens (tertiary/aromatic N) is 2. The van der Waals surface area contributed by atoms with Gasteiger partial charge in [-0.05, 0) is 24.1 Å². The molecule has 0 spiro atoms. The summed E-state index contributed by atoms with van der Waals surface area (Å²) in [7, 11) is 1.87. The van der Waals surface area contributed by atoms with Gasteiger partial charge in [0, 0.05) is 24.5 Å². The van der Waals surface area contributed by atoms with Gasteiger partial charge in [-0.3, -0.25) is 0 Å². The molecule has 3 nitrogen and oxygen atoms in total. The monoisotopic (exact) mass is 250 g/mol. The maximum atomic E-state index is 10.8. The maximum Gasteiger partial charge on any atom is 0.147 e. The summed E-state index contributed by atoms with van der Waals surface area (Å²) in [4.78, 5) is 4.24. The molecule has 0 fully saturated rings. The second-order valence-corrected chi connectivity index (χ2v) is 4.52. The molecule has 1 unspecified atom stereocenters. The molecule has 0 bridgehead atoms. The summed E-state index contributed by atoms with van der Waals surface area (Å²) in [6.45, 7) is 1.93. The predicted octanol–water partition coefficient (Wildman–Crippen LogP) is 2.72. The third-order valence-corrected chi connectivity index (χ3v) is 3.28. The topological polar surface area (TPSA) is 38.1 Å². The first-order valence-electron chi connectivity index (χ1n) is 5.54. The number of aliphatic hydroxyl groups is 1. The van der Waals surface area contributed by atoms with Crippen molar-refractivity contribution in [3.05, 3.63) is 53.1 Å². The molecule has 0 aliphatic heterocycles. The highest BCUT2D eigenvalue weighted by atomic mass is 35.5. The molecule has 0 radical (unpaired) electrons. The van der Waals surface area contributed by atoms with Crippen LogP contribution in [0.2, 0.25) is 5.02 Å². The van der Waals surface area contributed by atoms with Crippen LogP contribution in [0.4, 0.5) is 0 Å². The van der Waals surface area contributed by atoms with E-state index in [1.807, 2.05) is 36.9 Å². The highest BCUT2D eigenvalue weighted by Crippen LogP contribution is 2.31. The average molecular weight is 251 g/mol. The molecule has 2 rings (SSSR count). The number of halogens is 1. The van der Waals surface area contributed by atoms with Crippen LogP contribution in [0.25, 0.3) is 0 Å². The highest BCUT2D eigenvalue weighted by molar-refractivity contribution is 6.30. The van der Waals surface area contributed by atoms with Crippen molar-refractivity contribution in [1.29, 1.82) is 0 Å². The van der Waals surface area contributed by atoms with Crippen LogP contribution in [0.3, 0.4) is 0 Å². The quantitative estimate of drug-likeness (QED) is 0.910. The number of rotatable bonds is 3. The fraction of sp³-hybridized carbons (Fsp3) is 0.308. The van der Waals surface area contributed by atoms with Gasteiger partial charge in [0.2, 0.25) is 0 Å². The van der Waals surface area contributed by atoms with Gasteiger partial charge >= 0.3 is 0 Å². The van der Waals surface area contributed by atoms with E-state index in [-0.39, 0.29) is 0 Å². The van der Waals surface area contributed by atoms with Gasteiger partial charge in [0.05, 0.1) is 0 Å². The molecule has 2 aromatic rings. The van der Waals surface area contributed by atoms with Gasteiger partial charge in [0.25, 0.3) is 0 Å². The number of aromatic nitrogens is 2. The minimum absolute atomic E-state index is 0.555. The normalized spacial score (nSPS) is 14.6. The van der Waals surface area contributed by atoms with E-state index < -0.39 is 5.60 Å². The zero-order chi connectivity index (χ0) is 12.5. The van der Waals surface area contributed by atoms with Gasteiger partial charge in [-0.2, -0.15) is 0 Å². The Morgan fingerprint density at radius 1 is 1.35 bits per heavy atom. The summed E-state index contributed by atoms with van der Waals surface area (Å²) in [5.74, 6) is 0.641. The smallest absolute Gasteiger partial charge is 0.147 e. The Labute approximate surface area is 106 Å². The lowest BCUT2D eigenvalue weighted by Crippen LogP contribution is -2.29. The number of imidazole rings is 1. The van der Waals surface area contributed by atoms with E-state index in [1.165, 1.54) is 0 Å². The van der Waals surface area contributed by atoms with Crippen LogP contribution in [0.5, 0.6) is 0 Å². The number of hydrogen-bond donors (Lipinski definition) is 1. The van der Waals surface area contributed by atoms with Crippen molar-refractivity contribution in [2.75, 3.05) is 0 Å². The Hall–Kier alpha value is -1.32. The van der Waals surface area contributed by atoms with Crippen LogP contribution >= 0.6 is 11.6 Å². The van der Waals surface area contributed by atoms with E-state index in [9.17, 15) is 5.11 Å². The number of benzene rings is 1.